The molecule has 2 atom stereocenters. The van der Waals surface area contributed by atoms with E-state index in [1.54, 1.807) is 18.3 Å². The summed E-state index contributed by atoms with van der Waals surface area (Å²) in [5, 5.41) is 0.622. The molecule has 0 radical (unpaired) electrons. The van der Waals surface area contributed by atoms with Crippen LogP contribution < -0.4 is 0 Å². The van der Waals surface area contributed by atoms with E-state index in [1.807, 2.05) is 26.0 Å². The van der Waals surface area contributed by atoms with Gasteiger partial charge in [0.15, 0.2) is 17.4 Å². The second kappa shape index (κ2) is 8.38. The van der Waals surface area contributed by atoms with Gasteiger partial charge >= 0.3 is 0 Å². The number of piperazine rings is 1. The summed E-state index contributed by atoms with van der Waals surface area (Å²) in [5.41, 5.74) is 1.51. The number of ketones is 2. The highest BCUT2D eigenvalue weighted by molar-refractivity contribution is 6.52. The average Bonchev–Trinajstić information content (AvgIpc) is 3.24. The van der Waals surface area contributed by atoms with E-state index in [1.165, 1.54) is 0 Å². The smallest absolute Gasteiger partial charge is 0.187 e. The molecule has 4 aliphatic rings. The molecular formula is C25H28ClN5O2. The van der Waals surface area contributed by atoms with Crippen LogP contribution in [0.15, 0.2) is 50.5 Å². The number of likely N-dealkylation sites (N-methyl/N-ethyl adjacent to an activating group) is 1. The summed E-state index contributed by atoms with van der Waals surface area (Å²) in [4.78, 5) is 45.7. The summed E-state index contributed by atoms with van der Waals surface area (Å²) in [6.07, 6.45) is 2.37. The maximum atomic E-state index is 13.7. The molecule has 1 aliphatic carbocycles. The third-order valence-corrected chi connectivity index (χ3v) is 7.36. The number of amidine groups is 1. The van der Waals surface area contributed by atoms with Crippen molar-refractivity contribution in [2.24, 2.45) is 26.8 Å². The number of rotatable bonds is 4. The lowest BCUT2D eigenvalue weighted by molar-refractivity contribution is -0.131. The lowest BCUT2D eigenvalue weighted by Crippen LogP contribution is -2.51. The molecule has 3 heterocycles. The van der Waals surface area contributed by atoms with Crippen molar-refractivity contribution in [3.05, 3.63) is 46.1 Å². The Bertz CT molecular complexity index is 1120. The predicted molar refractivity (Wildman–Crippen MR) is 131 cm³/mol. The zero-order valence-corrected chi connectivity index (χ0v) is 20.0. The number of aliphatic imine (C=N–C) groups is 3. The average molecular weight is 466 g/mol. The van der Waals surface area contributed by atoms with Crippen molar-refractivity contribution in [1.82, 2.24) is 9.80 Å². The van der Waals surface area contributed by atoms with Crippen LogP contribution >= 0.6 is 11.6 Å². The van der Waals surface area contributed by atoms with Crippen molar-refractivity contribution in [3.8, 4) is 0 Å². The van der Waals surface area contributed by atoms with Crippen molar-refractivity contribution in [3.63, 3.8) is 0 Å². The van der Waals surface area contributed by atoms with Gasteiger partial charge in [-0.3, -0.25) is 14.6 Å². The Hall–Kier alpha value is -2.48. The standard InChI is InChI=1S/C25H28ClN5O2/c1-25(2)23(33)19-17(8-9-31-12-10-30(3)11-13-31)22(32)21-20(18(19)14-27-25)28-24(29-21)15-4-6-16(26)7-5-15/h4-7,14,17,19H,8-13H2,1-3H3. The molecule has 172 valence electrons. The Labute approximate surface area is 198 Å². The topological polar surface area (TPSA) is 77.7 Å². The summed E-state index contributed by atoms with van der Waals surface area (Å²) in [5.74, 6) is -0.597. The zero-order chi connectivity index (χ0) is 23.3. The highest BCUT2D eigenvalue weighted by Gasteiger charge is 2.51. The van der Waals surface area contributed by atoms with E-state index in [4.69, 9.17) is 11.6 Å². The van der Waals surface area contributed by atoms with E-state index < -0.39 is 17.4 Å². The van der Waals surface area contributed by atoms with Crippen LogP contribution in [0.4, 0.5) is 0 Å². The van der Waals surface area contributed by atoms with Crippen molar-refractivity contribution < 1.29 is 9.59 Å². The van der Waals surface area contributed by atoms with Crippen LogP contribution in [0.1, 0.15) is 25.8 Å². The van der Waals surface area contributed by atoms with Crippen LogP contribution in [0.2, 0.25) is 5.02 Å². The molecule has 2 unspecified atom stereocenters. The van der Waals surface area contributed by atoms with E-state index in [9.17, 15) is 9.59 Å². The van der Waals surface area contributed by atoms with Crippen LogP contribution in [0.5, 0.6) is 0 Å². The molecule has 0 amide bonds. The van der Waals surface area contributed by atoms with Crippen molar-refractivity contribution in [1.29, 1.82) is 0 Å². The molecule has 33 heavy (non-hydrogen) atoms. The van der Waals surface area contributed by atoms with E-state index in [-0.39, 0.29) is 11.6 Å². The van der Waals surface area contributed by atoms with Gasteiger partial charge < -0.3 is 9.80 Å². The number of benzene rings is 1. The zero-order valence-electron chi connectivity index (χ0n) is 19.2. The van der Waals surface area contributed by atoms with Gasteiger partial charge in [0, 0.05) is 54.5 Å². The minimum atomic E-state index is -0.850. The first kappa shape index (κ1) is 22.3. The van der Waals surface area contributed by atoms with Gasteiger partial charge in [-0.25, -0.2) is 9.98 Å². The minimum absolute atomic E-state index is 0.0154. The fourth-order valence-corrected chi connectivity index (χ4v) is 5.09. The Morgan fingerprint density at radius 1 is 1.06 bits per heavy atom. The number of carbonyl (C=O) groups is 2. The Kier molecular flexibility index (Phi) is 5.67. The number of nitrogens with zero attached hydrogens (tertiary/aromatic N) is 5. The Morgan fingerprint density at radius 2 is 1.76 bits per heavy atom. The fourth-order valence-electron chi connectivity index (χ4n) is 4.97. The first-order valence-corrected chi connectivity index (χ1v) is 11.8. The second-order valence-electron chi connectivity index (χ2n) is 9.77. The van der Waals surface area contributed by atoms with Gasteiger partial charge in [0.1, 0.15) is 16.9 Å². The van der Waals surface area contributed by atoms with Crippen LogP contribution in [0.25, 0.3) is 0 Å². The molecule has 1 aromatic carbocycles. The first-order chi connectivity index (χ1) is 15.7. The largest absolute Gasteiger partial charge is 0.304 e. The molecular weight excluding hydrogens is 438 g/mol. The second-order valence-corrected chi connectivity index (χ2v) is 10.2. The normalized spacial score (nSPS) is 27.4. The summed E-state index contributed by atoms with van der Waals surface area (Å²) in [6.45, 7) is 8.39. The number of hydrogen-bond donors (Lipinski definition) is 0. The molecule has 7 nitrogen and oxygen atoms in total. The maximum Gasteiger partial charge on any atom is 0.187 e. The molecule has 3 aliphatic heterocycles. The summed E-state index contributed by atoms with van der Waals surface area (Å²) >= 11 is 6.02. The van der Waals surface area contributed by atoms with Gasteiger partial charge in [-0.1, -0.05) is 11.6 Å². The maximum absolute atomic E-state index is 13.7. The number of halogens is 1. The lowest BCUT2D eigenvalue weighted by Gasteiger charge is -2.39. The Balaban J connectivity index is 1.50. The highest BCUT2D eigenvalue weighted by Crippen LogP contribution is 2.41. The predicted octanol–water partition coefficient (Wildman–Crippen LogP) is 2.68. The van der Waals surface area contributed by atoms with E-state index in [0.717, 1.165) is 43.9 Å². The molecule has 0 N–H and O–H groups in total. The van der Waals surface area contributed by atoms with Crippen molar-refractivity contribution in [2.75, 3.05) is 39.8 Å². The lowest BCUT2D eigenvalue weighted by atomic mass is 9.67. The van der Waals surface area contributed by atoms with Crippen molar-refractivity contribution >= 4 is 40.9 Å². The van der Waals surface area contributed by atoms with Gasteiger partial charge in [0.05, 0.1) is 5.92 Å². The summed E-state index contributed by atoms with van der Waals surface area (Å²) in [7, 11) is 2.12. The number of fused-ring (bicyclic) bond motifs is 2. The first-order valence-electron chi connectivity index (χ1n) is 11.5. The molecule has 5 rings (SSSR count). The van der Waals surface area contributed by atoms with Crippen LogP contribution in [0, 0.1) is 11.8 Å². The molecule has 1 aromatic rings. The van der Waals surface area contributed by atoms with E-state index >= 15 is 0 Å². The van der Waals surface area contributed by atoms with Gasteiger partial charge in [0.25, 0.3) is 0 Å². The van der Waals surface area contributed by atoms with Crippen LogP contribution in [-0.2, 0) is 9.59 Å². The molecule has 8 heteroatoms. The van der Waals surface area contributed by atoms with E-state index in [2.05, 4.69) is 31.8 Å². The summed E-state index contributed by atoms with van der Waals surface area (Å²) < 4.78 is 0. The molecule has 0 spiro atoms. The molecule has 1 fully saturated rings. The van der Waals surface area contributed by atoms with Gasteiger partial charge in [-0.05, 0) is 58.1 Å². The van der Waals surface area contributed by atoms with Crippen LogP contribution in [-0.4, -0.2) is 84.4 Å². The molecule has 0 aromatic heterocycles. The third kappa shape index (κ3) is 4.03. The van der Waals surface area contributed by atoms with Crippen molar-refractivity contribution in [2.45, 2.75) is 25.8 Å². The van der Waals surface area contributed by atoms with Gasteiger partial charge in [-0.15, -0.1) is 0 Å². The van der Waals surface area contributed by atoms with Gasteiger partial charge in [-0.2, -0.15) is 0 Å². The van der Waals surface area contributed by atoms with Crippen LogP contribution in [0.3, 0.4) is 0 Å². The number of carbonyl (C=O) groups excluding carboxylic acids is 2. The SMILES string of the molecule is CN1CCN(CCC2C(=O)C3=NC(c4ccc(Cl)cc4)=NC3=C3C=NC(C)(C)C(=O)C32)CC1. The minimum Gasteiger partial charge on any atom is -0.304 e. The number of allylic oxidation sites excluding steroid dienone is 2. The third-order valence-electron chi connectivity index (χ3n) is 7.11. The number of hydrogen-bond acceptors (Lipinski definition) is 7. The van der Waals surface area contributed by atoms with Gasteiger partial charge in [0.2, 0.25) is 0 Å². The quantitative estimate of drug-likeness (QED) is 0.685. The molecule has 0 saturated carbocycles. The van der Waals surface area contributed by atoms with E-state index in [0.29, 0.717) is 28.7 Å². The number of Topliss-reactive ketones (excluding diaryl/α,β-unsaturated/α-hetero) is 2. The monoisotopic (exact) mass is 465 g/mol. The molecule has 1 saturated heterocycles. The Morgan fingerprint density at radius 3 is 2.45 bits per heavy atom. The molecule has 0 bridgehead atoms. The summed E-state index contributed by atoms with van der Waals surface area (Å²) in [6, 6.07) is 7.22. The fraction of sp³-hybridized carbons (Fsp3) is 0.480. The highest BCUT2D eigenvalue weighted by atomic mass is 35.5.